The predicted molar refractivity (Wildman–Crippen MR) is 57.2 cm³/mol. The molecular weight excluding hydrogens is 216 g/mol. The summed E-state index contributed by atoms with van der Waals surface area (Å²) in [5.74, 6) is 0.510. The number of aliphatic hydroxyl groups excluding tert-OH is 1. The number of aliphatic hydroxyl groups is 1. The van der Waals surface area contributed by atoms with Crippen LogP contribution in [0.4, 0.5) is 0 Å². The van der Waals surface area contributed by atoms with Crippen molar-refractivity contribution in [2.75, 3.05) is 13.2 Å². The Bertz CT molecular complexity index is 391. The van der Waals surface area contributed by atoms with Crippen LogP contribution in [0.3, 0.4) is 0 Å². The van der Waals surface area contributed by atoms with Gasteiger partial charge in [-0.05, 0) is 19.1 Å². The van der Waals surface area contributed by atoms with Gasteiger partial charge in [-0.3, -0.25) is 0 Å². The topological polar surface area (TPSA) is 54.7 Å². The molecule has 0 aromatic carbocycles. The molecule has 1 aromatic rings. The number of rotatable bonds is 2. The second kappa shape index (κ2) is 3.79. The zero-order valence-corrected chi connectivity index (χ0v) is 9.03. The molecule has 1 atom stereocenters. The van der Waals surface area contributed by atoms with Crippen molar-refractivity contribution in [1.82, 2.24) is 4.98 Å². The van der Waals surface area contributed by atoms with E-state index in [1.165, 1.54) is 0 Å². The molecule has 5 heteroatoms. The van der Waals surface area contributed by atoms with Crippen molar-refractivity contribution in [2.45, 2.75) is 12.5 Å². The summed E-state index contributed by atoms with van der Waals surface area (Å²) >= 11 is 5.67. The molecule has 0 radical (unpaired) electrons. The first-order valence-corrected chi connectivity index (χ1v) is 4.96. The lowest BCUT2D eigenvalue weighted by Crippen LogP contribution is -2.28. The van der Waals surface area contributed by atoms with Crippen LogP contribution in [-0.4, -0.2) is 34.7 Å². The highest BCUT2D eigenvalue weighted by Crippen LogP contribution is 2.20. The molecule has 0 saturated carbocycles. The van der Waals surface area contributed by atoms with Crippen molar-refractivity contribution in [1.29, 1.82) is 0 Å². The van der Waals surface area contributed by atoms with Crippen LogP contribution in [0.2, 0.25) is 5.15 Å². The fraction of sp³-hybridized carbons (Fsp3) is 0.400. The molecule has 0 amide bonds. The van der Waals surface area contributed by atoms with Gasteiger partial charge in [-0.25, -0.2) is 9.98 Å². The van der Waals surface area contributed by atoms with Crippen molar-refractivity contribution in [3.63, 3.8) is 0 Å². The minimum absolute atomic E-state index is 0.0302. The minimum Gasteiger partial charge on any atom is -0.475 e. The Kier molecular flexibility index (Phi) is 2.63. The number of halogens is 1. The lowest BCUT2D eigenvalue weighted by atomic mass is 10.1. The van der Waals surface area contributed by atoms with Crippen LogP contribution in [0.25, 0.3) is 0 Å². The van der Waals surface area contributed by atoms with Crippen LogP contribution in [0.1, 0.15) is 12.5 Å². The van der Waals surface area contributed by atoms with Gasteiger partial charge < -0.3 is 9.84 Å². The first-order chi connectivity index (χ1) is 7.13. The van der Waals surface area contributed by atoms with Crippen molar-refractivity contribution < 1.29 is 9.84 Å². The summed E-state index contributed by atoms with van der Waals surface area (Å²) in [6.45, 7) is 2.20. The molecule has 0 spiro atoms. The molecule has 80 valence electrons. The van der Waals surface area contributed by atoms with Gasteiger partial charge in [0.2, 0.25) is 5.90 Å². The van der Waals surface area contributed by atoms with Gasteiger partial charge in [0.15, 0.2) is 0 Å². The fourth-order valence-electron chi connectivity index (χ4n) is 1.26. The van der Waals surface area contributed by atoms with Crippen LogP contribution in [-0.2, 0) is 4.74 Å². The van der Waals surface area contributed by atoms with Crippen molar-refractivity contribution in [3.8, 4) is 0 Å². The Hall–Kier alpha value is -1.13. The van der Waals surface area contributed by atoms with Gasteiger partial charge in [0.1, 0.15) is 17.3 Å². The first kappa shape index (κ1) is 10.4. The first-order valence-electron chi connectivity index (χ1n) is 4.58. The van der Waals surface area contributed by atoms with E-state index >= 15 is 0 Å². The monoisotopic (exact) mass is 226 g/mol. The molecule has 0 fully saturated rings. The van der Waals surface area contributed by atoms with Crippen LogP contribution in [0.15, 0.2) is 23.3 Å². The maximum Gasteiger partial charge on any atom is 0.218 e. The van der Waals surface area contributed by atoms with Gasteiger partial charge in [-0.2, -0.15) is 0 Å². The molecule has 1 aliphatic heterocycles. The Morgan fingerprint density at radius 2 is 2.40 bits per heavy atom. The average molecular weight is 227 g/mol. The van der Waals surface area contributed by atoms with Crippen molar-refractivity contribution in [2.24, 2.45) is 4.99 Å². The molecule has 0 aliphatic carbocycles. The summed E-state index contributed by atoms with van der Waals surface area (Å²) in [7, 11) is 0. The van der Waals surface area contributed by atoms with E-state index in [1.807, 2.05) is 6.92 Å². The second-order valence-electron chi connectivity index (χ2n) is 3.73. The number of ether oxygens (including phenoxy) is 1. The number of aliphatic imine (C=N–C) groups is 1. The Morgan fingerprint density at radius 1 is 1.60 bits per heavy atom. The second-order valence-corrected chi connectivity index (χ2v) is 4.12. The summed E-state index contributed by atoms with van der Waals surface area (Å²) in [6.07, 6.45) is 1.60. The molecule has 2 heterocycles. The van der Waals surface area contributed by atoms with Crippen LogP contribution in [0, 0.1) is 0 Å². The van der Waals surface area contributed by atoms with Gasteiger partial charge in [-0.15, -0.1) is 0 Å². The number of pyridine rings is 1. The summed E-state index contributed by atoms with van der Waals surface area (Å²) in [5, 5.41) is 9.54. The van der Waals surface area contributed by atoms with Crippen molar-refractivity contribution in [3.05, 3.63) is 29.0 Å². The molecule has 2 rings (SSSR count). The number of hydrogen-bond acceptors (Lipinski definition) is 4. The molecule has 1 N–H and O–H groups in total. The van der Waals surface area contributed by atoms with E-state index in [0.29, 0.717) is 17.7 Å². The molecular formula is C10H11ClN2O2. The standard InChI is InChI=1S/C10H11ClN2O2/c1-10(5-14)6-15-9(13-10)7-2-3-8(11)12-4-7/h2-4,14H,5-6H2,1H3. The molecule has 1 unspecified atom stereocenters. The van der Waals surface area contributed by atoms with E-state index in [-0.39, 0.29) is 6.61 Å². The third kappa shape index (κ3) is 2.11. The van der Waals surface area contributed by atoms with Crippen molar-refractivity contribution >= 4 is 17.5 Å². The highest BCUT2D eigenvalue weighted by atomic mass is 35.5. The quantitative estimate of drug-likeness (QED) is 0.773. The van der Waals surface area contributed by atoms with E-state index in [2.05, 4.69) is 9.98 Å². The lowest BCUT2D eigenvalue weighted by molar-refractivity contribution is 0.170. The van der Waals surface area contributed by atoms with E-state index in [0.717, 1.165) is 5.56 Å². The highest BCUT2D eigenvalue weighted by Gasteiger charge is 2.31. The third-order valence-electron chi connectivity index (χ3n) is 2.21. The molecule has 1 aliphatic rings. The minimum atomic E-state index is -0.533. The molecule has 0 saturated heterocycles. The van der Waals surface area contributed by atoms with Crippen LogP contribution < -0.4 is 0 Å². The zero-order valence-electron chi connectivity index (χ0n) is 8.27. The Labute approximate surface area is 92.6 Å². The molecule has 0 bridgehead atoms. The van der Waals surface area contributed by atoms with Gasteiger partial charge in [0.25, 0.3) is 0 Å². The Balaban J connectivity index is 2.26. The smallest absolute Gasteiger partial charge is 0.218 e. The largest absolute Gasteiger partial charge is 0.475 e. The molecule has 1 aromatic heterocycles. The molecule has 4 nitrogen and oxygen atoms in total. The summed E-state index contributed by atoms with van der Waals surface area (Å²) in [4.78, 5) is 8.24. The maximum absolute atomic E-state index is 9.11. The highest BCUT2D eigenvalue weighted by molar-refractivity contribution is 6.29. The summed E-state index contributed by atoms with van der Waals surface area (Å²) in [5.41, 5.74) is 0.242. The van der Waals surface area contributed by atoms with Gasteiger partial charge in [0, 0.05) is 6.20 Å². The van der Waals surface area contributed by atoms with Crippen LogP contribution in [0.5, 0.6) is 0 Å². The number of nitrogens with zero attached hydrogens (tertiary/aromatic N) is 2. The van der Waals surface area contributed by atoms with E-state index in [4.69, 9.17) is 21.4 Å². The summed E-state index contributed by atoms with van der Waals surface area (Å²) < 4.78 is 5.39. The SMILES string of the molecule is CC1(CO)COC(c2ccc(Cl)nc2)=N1. The normalized spacial score (nSPS) is 24.9. The van der Waals surface area contributed by atoms with Gasteiger partial charge in [0.05, 0.1) is 12.2 Å². The fourth-order valence-corrected chi connectivity index (χ4v) is 1.38. The number of aromatic nitrogens is 1. The van der Waals surface area contributed by atoms with E-state index < -0.39 is 5.54 Å². The molecule has 15 heavy (non-hydrogen) atoms. The zero-order chi connectivity index (χ0) is 10.9. The maximum atomic E-state index is 9.11. The lowest BCUT2D eigenvalue weighted by Gasteiger charge is -2.12. The third-order valence-corrected chi connectivity index (χ3v) is 2.43. The average Bonchev–Trinajstić information content (AvgIpc) is 2.63. The van der Waals surface area contributed by atoms with E-state index in [1.54, 1.807) is 18.3 Å². The van der Waals surface area contributed by atoms with E-state index in [9.17, 15) is 0 Å². The van der Waals surface area contributed by atoms with Gasteiger partial charge in [-0.1, -0.05) is 11.6 Å². The Morgan fingerprint density at radius 3 is 2.93 bits per heavy atom. The number of hydrogen-bond donors (Lipinski definition) is 1. The van der Waals surface area contributed by atoms with Crippen LogP contribution >= 0.6 is 11.6 Å². The summed E-state index contributed by atoms with van der Waals surface area (Å²) in [6, 6.07) is 3.47. The predicted octanol–water partition coefficient (Wildman–Crippen LogP) is 1.26. The van der Waals surface area contributed by atoms with Gasteiger partial charge >= 0.3 is 0 Å².